The Morgan fingerprint density at radius 2 is 2.45 bits per heavy atom. The monoisotopic (exact) mass is 278 g/mol. The summed E-state index contributed by atoms with van der Waals surface area (Å²) in [4.78, 5) is 18.3. The summed E-state index contributed by atoms with van der Waals surface area (Å²) in [6, 6.07) is 3.71. The van der Waals surface area contributed by atoms with Gasteiger partial charge in [-0.2, -0.15) is 0 Å². The van der Waals surface area contributed by atoms with Crippen molar-refractivity contribution in [3.05, 3.63) is 23.9 Å². The highest BCUT2D eigenvalue weighted by atomic mass is 16.5. The van der Waals surface area contributed by atoms with Gasteiger partial charge in [-0.05, 0) is 44.0 Å². The number of carbonyl (C=O) groups is 1. The first-order valence-electron chi connectivity index (χ1n) is 7.07. The molecule has 0 saturated carbocycles. The number of rotatable bonds is 5. The van der Waals surface area contributed by atoms with Gasteiger partial charge in [-0.3, -0.25) is 9.69 Å². The van der Waals surface area contributed by atoms with Gasteiger partial charge in [-0.15, -0.1) is 0 Å². The van der Waals surface area contributed by atoms with Crippen molar-refractivity contribution >= 4 is 11.8 Å². The van der Waals surface area contributed by atoms with E-state index in [4.69, 9.17) is 10.6 Å². The number of hydrogen-bond donors (Lipinski definition) is 2. The summed E-state index contributed by atoms with van der Waals surface area (Å²) in [6.07, 6.45) is 4.77. The van der Waals surface area contributed by atoms with Crippen LogP contribution < -0.4 is 11.3 Å². The number of nitrogen functional groups attached to an aromatic ring is 1. The molecular weight excluding hydrogens is 256 g/mol. The van der Waals surface area contributed by atoms with Crippen LogP contribution in [-0.4, -0.2) is 35.0 Å². The van der Waals surface area contributed by atoms with Crippen molar-refractivity contribution in [2.45, 2.75) is 38.8 Å². The lowest BCUT2D eigenvalue weighted by Gasteiger charge is -2.33. The Hall–Kier alpha value is -1.66. The Balaban J connectivity index is 2.06. The minimum absolute atomic E-state index is 0.113. The van der Waals surface area contributed by atoms with E-state index >= 15 is 0 Å². The van der Waals surface area contributed by atoms with Crippen molar-refractivity contribution in [2.75, 3.05) is 18.6 Å². The van der Waals surface area contributed by atoms with E-state index in [0.717, 1.165) is 31.4 Å². The number of nitrogens with one attached hydrogen (secondary N) is 1. The topological polar surface area (TPSA) is 80.5 Å². The molecule has 1 fully saturated rings. The first-order chi connectivity index (χ1) is 9.74. The number of aromatic nitrogens is 1. The van der Waals surface area contributed by atoms with Crippen molar-refractivity contribution in [2.24, 2.45) is 5.84 Å². The summed E-state index contributed by atoms with van der Waals surface area (Å²) < 4.78 is 5.17. The number of hydrogen-bond acceptors (Lipinski definition) is 6. The van der Waals surface area contributed by atoms with Gasteiger partial charge >= 0.3 is 5.97 Å². The molecule has 1 saturated heterocycles. The van der Waals surface area contributed by atoms with Crippen LogP contribution in [0.2, 0.25) is 0 Å². The van der Waals surface area contributed by atoms with Crippen molar-refractivity contribution < 1.29 is 9.53 Å². The highest BCUT2D eigenvalue weighted by molar-refractivity contribution is 5.75. The number of esters is 1. The van der Waals surface area contributed by atoms with Crippen LogP contribution in [0.5, 0.6) is 0 Å². The smallest absolute Gasteiger partial charge is 0.323 e. The van der Waals surface area contributed by atoms with Crippen LogP contribution >= 0.6 is 0 Å². The zero-order valence-electron chi connectivity index (χ0n) is 11.8. The van der Waals surface area contributed by atoms with Crippen LogP contribution in [0.4, 0.5) is 5.82 Å². The number of ether oxygens (including phenoxy) is 1. The minimum atomic E-state index is -0.133. The van der Waals surface area contributed by atoms with Crippen LogP contribution in [-0.2, 0) is 16.1 Å². The molecule has 0 amide bonds. The Morgan fingerprint density at radius 3 is 3.20 bits per heavy atom. The molecular formula is C14H22N4O2. The maximum atomic E-state index is 12.0. The predicted octanol–water partition coefficient (Wildman–Crippen LogP) is 1.28. The SMILES string of the molecule is CCOC(=O)C1CCCCN1Cc1ccnc(NN)c1. The summed E-state index contributed by atoms with van der Waals surface area (Å²) >= 11 is 0. The van der Waals surface area contributed by atoms with Gasteiger partial charge in [0.1, 0.15) is 11.9 Å². The molecule has 0 aliphatic carbocycles. The summed E-state index contributed by atoms with van der Waals surface area (Å²) in [6.45, 7) is 3.89. The molecule has 6 nitrogen and oxygen atoms in total. The van der Waals surface area contributed by atoms with Gasteiger partial charge in [0.15, 0.2) is 0 Å². The Kier molecular flexibility index (Phi) is 5.31. The zero-order chi connectivity index (χ0) is 14.4. The van der Waals surface area contributed by atoms with E-state index in [9.17, 15) is 4.79 Å². The first kappa shape index (κ1) is 14.7. The lowest BCUT2D eigenvalue weighted by Crippen LogP contribution is -2.44. The van der Waals surface area contributed by atoms with Crippen molar-refractivity contribution in [3.63, 3.8) is 0 Å². The maximum absolute atomic E-state index is 12.0. The molecule has 1 unspecified atom stereocenters. The van der Waals surface area contributed by atoms with Gasteiger partial charge in [0.2, 0.25) is 0 Å². The average Bonchev–Trinajstić information content (AvgIpc) is 2.48. The molecule has 6 heteroatoms. The van der Waals surface area contributed by atoms with Crippen LogP contribution in [0, 0.1) is 0 Å². The van der Waals surface area contributed by atoms with Gasteiger partial charge in [-0.1, -0.05) is 6.42 Å². The Bertz CT molecular complexity index is 453. The van der Waals surface area contributed by atoms with Gasteiger partial charge in [0.05, 0.1) is 6.61 Å². The quantitative estimate of drug-likeness (QED) is 0.480. The lowest BCUT2D eigenvalue weighted by molar-refractivity contribution is -0.151. The van der Waals surface area contributed by atoms with Crippen LogP contribution in [0.25, 0.3) is 0 Å². The summed E-state index contributed by atoms with van der Waals surface area (Å²) in [5.74, 6) is 5.89. The summed E-state index contributed by atoms with van der Waals surface area (Å²) in [5, 5.41) is 0. The average molecular weight is 278 g/mol. The fourth-order valence-corrected chi connectivity index (χ4v) is 2.57. The number of anilines is 1. The molecule has 20 heavy (non-hydrogen) atoms. The molecule has 2 rings (SSSR count). The Labute approximate surface area is 119 Å². The molecule has 3 N–H and O–H groups in total. The number of pyridine rings is 1. The minimum Gasteiger partial charge on any atom is -0.465 e. The molecule has 0 spiro atoms. The number of carbonyl (C=O) groups excluding carboxylic acids is 1. The van der Waals surface area contributed by atoms with Crippen LogP contribution in [0.1, 0.15) is 31.7 Å². The third-order valence-electron chi connectivity index (χ3n) is 3.53. The molecule has 1 atom stereocenters. The molecule has 1 aliphatic heterocycles. The fourth-order valence-electron chi connectivity index (χ4n) is 2.57. The molecule has 0 aromatic carbocycles. The number of nitrogens with zero attached hydrogens (tertiary/aromatic N) is 2. The van der Waals surface area contributed by atoms with E-state index in [1.54, 1.807) is 6.20 Å². The second kappa shape index (κ2) is 7.21. The second-order valence-corrected chi connectivity index (χ2v) is 4.93. The number of piperidine rings is 1. The van der Waals surface area contributed by atoms with E-state index in [0.29, 0.717) is 19.0 Å². The first-order valence-corrected chi connectivity index (χ1v) is 7.07. The normalized spacial score (nSPS) is 19.6. The van der Waals surface area contributed by atoms with Crippen LogP contribution in [0.15, 0.2) is 18.3 Å². The highest BCUT2D eigenvalue weighted by Crippen LogP contribution is 2.21. The molecule has 2 heterocycles. The van der Waals surface area contributed by atoms with Gasteiger partial charge in [0.25, 0.3) is 0 Å². The van der Waals surface area contributed by atoms with Crippen LogP contribution in [0.3, 0.4) is 0 Å². The molecule has 1 aromatic rings. The lowest BCUT2D eigenvalue weighted by atomic mass is 10.0. The maximum Gasteiger partial charge on any atom is 0.323 e. The second-order valence-electron chi connectivity index (χ2n) is 4.93. The van der Waals surface area contributed by atoms with Crippen molar-refractivity contribution in [1.29, 1.82) is 0 Å². The van der Waals surface area contributed by atoms with E-state index in [1.165, 1.54) is 0 Å². The zero-order valence-corrected chi connectivity index (χ0v) is 11.8. The predicted molar refractivity (Wildman–Crippen MR) is 76.7 cm³/mol. The number of nitrogens with two attached hydrogens (primary N) is 1. The largest absolute Gasteiger partial charge is 0.465 e. The van der Waals surface area contributed by atoms with Gasteiger partial charge in [0, 0.05) is 12.7 Å². The molecule has 1 aliphatic rings. The molecule has 0 bridgehead atoms. The molecule has 1 aromatic heterocycles. The van der Waals surface area contributed by atoms with Crippen molar-refractivity contribution in [3.8, 4) is 0 Å². The number of likely N-dealkylation sites (tertiary alicyclic amines) is 1. The van der Waals surface area contributed by atoms with E-state index in [-0.39, 0.29) is 12.0 Å². The van der Waals surface area contributed by atoms with Gasteiger partial charge in [-0.25, -0.2) is 10.8 Å². The van der Waals surface area contributed by atoms with E-state index in [2.05, 4.69) is 15.3 Å². The summed E-state index contributed by atoms with van der Waals surface area (Å²) in [7, 11) is 0. The standard InChI is InChI=1S/C14H22N4O2/c1-2-20-14(19)12-5-3-4-8-18(12)10-11-6-7-16-13(9-11)17-15/h6-7,9,12H,2-5,8,10,15H2,1H3,(H,16,17). The third kappa shape index (κ3) is 3.68. The molecule has 110 valence electrons. The third-order valence-corrected chi connectivity index (χ3v) is 3.53. The summed E-state index contributed by atoms with van der Waals surface area (Å²) in [5.41, 5.74) is 3.62. The van der Waals surface area contributed by atoms with Gasteiger partial charge < -0.3 is 10.2 Å². The Morgan fingerprint density at radius 1 is 1.60 bits per heavy atom. The fraction of sp³-hybridized carbons (Fsp3) is 0.571. The van der Waals surface area contributed by atoms with E-state index in [1.807, 2.05) is 19.1 Å². The highest BCUT2D eigenvalue weighted by Gasteiger charge is 2.29. The number of hydrazine groups is 1. The van der Waals surface area contributed by atoms with E-state index < -0.39 is 0 Å². The molecule has 0 radical (unpaired) electrons. The van der Waals surface area contributed by atoms with Crippen molar-refractivity contribution in [1.82, 2.24) is 9.88 Å².